The molecule has 2 amide bonds. The summed E-state index contributed by atoms with van der Waals surface area (Å²) < 4.78 is 0. The Hall–Kier alpha value is -1.06. The maximum atomic E-state index is 12.2. The van der Waals surface area contributed by atoms with Crippen LogP contribution >= 0.6 is 0 Å². The van der Waals surface area contributed by atoms with Gasteiger partial charge in [0, 0.05) is 19.0 Å². The van der Waals surface area contributed by atoms with Crippen LogP contribution in [0.5, 0.6) is 0 Å². The minimum atomic E-state index is -0.284. The van der Waals surface area contributed by atoms with Gasteiger partial charge in [0.15, 0.2) is 0 Å². The fraction of sp³-hybridized carbons (Fsp3) is 0.833. The maximum Gasteiger partial charge on any atom is 0.245 e. The van der Waals surface area contributed by atoms with Crippen molar-refractivity contribution in [3.63, 3.8) is 0 Å². The van der Waals surface area contributed by atoms with Crippen LogP contribution in [-0.2, 0) is 9.59 Å². The van der Waals surface area contributed by atoms with Gasteiger partial charge in [0.1, 0.15) is 6.04 Å². The number of carbonyl (C=O) groups excluding carboxylic acids is 2. The average Bonchev–Trinajstić information content (AvgIpc) is 2.95. The van der Waals surface area contributed by atoms with Crippen LogP contribution in [0.15, 0.2) is 0 Å². The molecule has 4 heteroatoms. The molecule has 2 aliphatic rings. The highest BCUT2D eigenvalue weighted by Crippen LogP contribution is 2.36. The van der Waals surface area contributed by atoms with Crippen molar-refractivity contribution in [3.8, 4) is 0 Å². The summed E-state index contributed by atoms with van der Waals surface area (Å²) in [5, 5.41) is 2.83. The van der Waals surface area contributed by atoms with Gasteiger partial charge in [-0.05, 0) is 18.8 Å². The highest BCUT2D eigenvalue weighted by molar-refractivity contribution is 5.90. The van der Waals surface area contributed by atoms with Crippen LogP contribution < -0.4 is 5.32 Å². The van der Waals surface area contributed by atoms with Gasteiger partial charge in [-0.3, -0.25) is 9.59 Å². The number of hydrogen-bond donors (Lipinski definition) is 1. The van der Waals surface area contributed by atoms with E-state index in [1.165, 1.54) is 0 Å². The van der Waals surface area contributed by atoms with Crippen LogP contribution in [0.3, 0.4) is 0 Å². The Labute approximate surface area is 96.4 Å². The molecule has 1 saturated carbocycles. The molecule has 0 bridgehead atoms. The highest BCUT2D eigenvalue weighted by Gasteiger charge is 2.43. The summed E-state index contributed by atoms with van der Waals surface area (Å²) >= 11 is 0. The first-order chi connectivity index (χ1) is 7.63. The molecule has 2 fully saturated rings. The molecule has 16 heavy (non-hydrogen) atoms. The van der Waals surface area contributed by atoms with Gasteiger partial charge in [-0.15, -0.1) is 0 Å². The van der Waals surface area contributed by atoms with E-state index in [0.29, 0.717) is 24.9 Å². The molecule has 1 aliphatic heterocycles. The lowest BCUT2D eigenvalue weighted by molar-refractivity contribution is -0.134. The summed E-state index contributed by atoms with van der Waals surface area (Å²) in [6.07, 6.45) is 3.22. The lowest BCUT2D eigenvalue weighted by atomic mass is 10.1. The quantitative estimate of drug-likeness (QED) is 0.774. The van der Waals surface area contributed by atoms with Crippen LogP contribution in [0.4, 0.5) is 0 Å². The highest BCUT2D eigenvalue weighted by atomic mass is 16.2. The normalized spacial score (nSPS) is 34.6. The molecule has 0 aromatic rings. The molecule has 2 rings (SSSR count). The average molecular weight is 224 g/mol. The number of carbonyl (C=O) groups is 2. The second-order valence-electron chi connectivity index (χ2n) is 4.97. The summed E-state index contributed by atoms with van der Waals surface area (Å²) in [4.78, 5) is 25.6. The van der Waals surface area contributed by atoms with Gasteiger partial charge in [0.05, 0.1) is 0 Å². The fourth-order valence-corrected chi connectivity index (χ4v) is 2.41. The van der Waals surface area contributed by atoms with Gasteiger partial charge in [0.2, 0.25) is 11.8 Å². The summed E-state index contributed by atoms with van der Waals surface area (Å²) in [5.41, 5.74) is 0. The van der Waals surface area contributed by atoms with Crippen LogP contribution in [0, 0.1) is 5.92 Å². The van der Waals surface area contributed by atoms with Crippen molar-refractivity contribution >= 4 is 11.8 Å². The third-order valence-electron chi connectivity index (χ3n) is 3.54. The zero-order chi connectivity index (χ0) is 11.7. The van der Waals surface area contributed by atoms with E-state index < -0.39 is 0 Å². The Balaban J connectivity index is 2.07. The van der Waals surface area contributed by atoms with E-state index in [4.69, 9.17) is 0 Å². The third kappa shape index (κ3) is 2.20. The minimum absolute atomic E-state index is 0.0163. The van der Waals surface area contributed by atoms with E-state index >= 15 is 0 Å². The molecule has 0 radical (unpaired) electrons. The van der Waals surface area contributed by atoms with Crippen molar-refractivity contribution in [1.29, 1.82) is 0 Å². The fourth-order valence-electron chi connectivity index (χ4n) is 2.41. The predicted octanol–water partition coefficient (Wildman–Crippen LogP) is 0.912. The Bertz CT molecular complexity index is 303. The van der Waals surface area contributed by atoms with Gasteiger partial charge in [0.25, 0.3) is 0 Å². The van der Waals surface area contributed by atoms with E-state index in [1.54, 1.807) is 0 Å². The summed E-state index contributed by atoms with van der Waals surface area (Å²) in [7, 11) is 0. The van der Waals surface area contributed by atoms with E-state index in [1.807, 2.05) is 11.8 Å². The first-order valence-electron chi connectivity index (χ1n) is 6.23. The number of nitrogens with zero attached hydrogens (tertiary/aromatic N) is 1. The van der Waals surface area contributed by atoms with Crippen molar-refractivity contribution in [2.75, 3.05) is 6.54 Å². The van der Waals surface area contributed by atoms with Gasteiger partial charge in [-0.25, -0.2) is 0 Å². The summed E-state index contributed by atoms with van der Waals surface area (Å²) in [6.45, 7) is 4.79. The van der Waals surface area contributed by atoms with Gasteiger partial charge in [-0.1, -0.05) is 20.3 Å². The van der Waals surface area contributed by atoms with E-state index in [9.17, 15) is 9.59 Å². The predicted molar refractivity (Wildman–Crippen MR) is 60.7 cm³/mol. The molecule has 3 atom stereocenters. The molecule has 3 unspecified atom stereocenters. The Kier molecular flexibility index (Phi) is 3.17. The molecule has 1 aliphatic carbocycles. The molecule has 90 valence electrons. The Morgan fingerprint density at radius 1 is 1.44 bits per heavy atom. The molecule has 1 heterocycles. The topological polar surface area (TPSA) is 49.4 Å². The number of hydrogen-bond acceptors (Lipinski definition) is 2. The second-order valence-corrected chi connectivity index (χ2v) is 4.97. The van der Waals surface area contributed by atoms with Gasteiger partial charge < -0.3 is 10.2 Å². The number of rotatable bonds is 3. The Morgan fingerprint density at radius 2 is 2.12 bits per heavy atom. The van der Waals surface area contributed by atoms with Crippen LogP contribution in [0.2, 0.25) is 0 Å². The third-order valence-corrected chi connectivity index (χ3v) is 3.54. The molecule has 4 nitrogen and oxygen atoms in total. The molecule has 0 spiro atoms. The van der Waals surface area contributed by atoms with Crippen LogP contribution in [-0.4, -0.2) is 35.3 Å². The maximum absolute atomic E-state index is 12.2. The van der Waals surface area contributed by atoms with Crippen LogP contribution in [0.25, 0.3) is 0 Å². The van der Waals surface area contributed by atoms with Crippen molar-refractivity contribution in [2.24, 2.45) is 5.92 Å². The first-order valence-corrected chi connectivity index (χ1v) is 6.23. The first kappa shape index (κ1) is 11.4. The van der Waals surface area contributed by atoms with E-state index in [-0.39, 0.29) is 17.9 Å². The molecule has 1 saturated heterocycles. The smallest absolute Gasteiger partial charge is 0.245 e. The summed E-state index contributed by atoms with van der Waals surface area (Å²) in [5.74, 6) is 0.754. The molecular weight excluding hydrogens is 204 g/mol. The van der Waals surface area contributed by atoms with Crippen molar-refractivity contribution in [2.45, 2.75) is 51.6 Å². The standard InChI is InChI=1S/C12H20N2O2/c1-3-4-9-12(16)14(10-7-8(10)2)6-5-11(15)13-9/h8-10H,3-7H2,1-2H3,(H,13,15). The zero-order valence-electron chi connectivity index (χ0n) is 10.0. The molecular formula is C12H20N2O2. The van der Waals surface area contributed by atoms with E-state index in [0.717, 1.165) is 19.3 Å². The number of amides is 2. The van der Waals surface area contributed by atoms with Gasteiger partial charge in [-0.2, -0.15) is 0 Å². The minimum Gasteiger partial charge on any atom is -0.344 e. The lowest BCUT2D eigenvalue weighted by Gasteiger charge is -2.24. The molecule has 0 aromatic carbocycles. The van der Waals surface area contributed by atoms with Crippen molar-refractivity contribution in [3.05, 3.63) is 0 Å². The largest absolute Gasteiger partial charge is 0.344 e. The SMILES string of the molecule is CCCC1NC(=O)CCN(C2CC2C)C1=O. The monoisotopic (exact) mass is 224 g/mol. The molecule has 1 N–H and O–H groups in total. The second kappa shape index (κ2) is 4.44. The van der Waals surface area contributed by atoms with Gasteiger partial charge >= 0.3 is 0 Å². The Morgan fingerprint density at radius 3 is 2.69 bits per heavy atom. The van der Waals surface area contributed by atoms with E-state index in [2.05, 4.69) is 12.2 Å². The summed E-state index contributed by atoms with van der Waals surface area (Å²) in [6, 6.07) is 0.104. The lowest BCUT2D eigenvalue weighted by Crippen LogP contribution is -2.45. The number of nitrogens with one attached hydrogen (secondary N) is 1. The zero-order valence-corrected chi connectivity index (χ0v) is 10.0. The van der Waals surface area contributed by atoms with Crippen LogP contribution in [0.1, 0.15) is 39.5 Å². The van der Waals surface area contributed by atoms with Crippen molar-refractivity contribution in [1.82, 2.24) is 10.2 Å². The molecule has 0 aromatic heterocycles. The van der Waals surface area contributed by atoms with Crippen molar-refractivity contribution < 1.29 is 9.59 Å².